The van der Waals surface area contributed by atoms with Gasteiger partial charge < -0.3 is 4.42 Å². The highest BCUT2D eigenvalue weighted by molar-refractivity contribution is 5.18. The number of furan rings is 1. The van der Waals surface area contributed by atoms with Crippen molar-refractivity contribution in [3.63, 3.8) is 0 Å². The average molecular weight is 251 g/mol. The molecule has 0 saturated carbocycles. The molecule has 0 unspecified atom stereocenters. The lowest BCUT2D eigenvalue weighted by Gasteiger charge is -2.02. The van der Waals surface area contributed by atoms with Gasteiger partial charge in [-0.25, -0.2) is 4.79 Å². The molecule has 0 amide bonds. The van der Waals surface area contributed by atoms with Crippen molar-refractivity contribution in [1.82, 2.24) is 9.55 Å². The zero-order chi connectivity index (χ0) is 13.3. The summed E-state index contributed by atoms with van der Waals surface area (Å²) < 4.78 is 6.13. The average Bonchev–Trinajstić information content (AvgIpc) is 2.74. The van der Waals surface area contributed by atoms with Crippen LogP contribution < -0.4 is 11.2 Å². The van der Waals surface area contributed by atoms with Crippen LogP contribution in [0.15, 0.2) is 32.3 Å². The first-order chi connectivity index (χ1) is 8.47. The van der Waals surface area contributed by atoms with E-state index in [1.54, 1.807) is 6.92 Å². The summed E-state index contributed by atoms with van der Waals surface area (Å²) >= 11 is 0. The molecule has 0 atom stereocenters. The van der Waals surface area contributed by atoms with E-state index in [1.807, 2.05) is 0 Å². The van der Waals surface area contributed by atoms with Crippen molar-refractivity contribution in [2.75, 3.05) is 0 Å². The second kappa shape index (κ2) is 4.32. The van der Waals surface area contributed by atoms with Crippen LogP contribution in [0.1, 0.15) is 11.3 Å². The molecule has 0 bridgehead atoms. The fourth-order valence-corrected chi connectivity index (χ4v) is 1.45. The molecule has 2 aromatic heterocycles. The molecule has 2 rings (SSSR count). The largest absolute Gasteiger partial charge is 0.433 e. The van der Waals surface area contributed by atoms with E-state index in [1.165, 1.54) is 22.9 Å². The van der Waals surface area contributed by atoms with Gasteiger partial charge in [0, 0.05) is 11.8 Å². The highest BCUT2D eigenvalue weighted by Gasteiger charge is 2.12. The predicted molar refractivity (Wildman–Crippen MR) is 60.5 cm³/mol. The number of H-pyrrole nitrogens is 1. The minimum atomic E-state index is -0.662. The quantitative estimate of drug-likeness (QED) is 0.626. The lowest BCUT2D eigenvalue weighted by atomic mass is 10.3. The van der Waals surface area contributed by atoms with Gasteiger partial charge >= 0.3 is 11.6 Å². The molecule has 0 saturated heterocycles. The Kier molecular flexibility index (Phi) is 2.84. The summed E-state index contributed by atoms with van der Waals surface area (Å²) in [6, 6.07) is 2.62. The highest BCUT2D eigenvalue weighted by atomic mass is 16.6. The number of aromatic nitrogens is 2. The van der Waals surface area contributed by atoms with Crippen LogP contribution in [0.5, 0.6) is 0 Å². The van der Waals surface area contributed by atoms with Gasteiger partial charge in [-0.3, -0.25) is 24.5 Å². The third kappa shape index (κ3) is 2.21. The Labute approximate surface area is 99.6 Å². The Hall–Kier alpha value is -2.64. The molecule has 0 aliphatic rings. The van der Waals surface area contributed by atoms with Crippen LogP contribution in [0.25, 0.3) is 0 Å². The summed E-state index contributed by atoms with van der Waals surface area (Å²) in [6.07, 6.45) is 1.37. The molecule has 8 heteroatoms. The third-order valence-corrected chi connectivity index (χ3v) is 2.34. The number of rotatable bonds is 3. The molecule has 0 aliphatic carbocycles. The van der Waals surface area contributed by atoms with E-state index in [0.29, 0.717) is 5.56 Å². The molecule has 1 N–H and O–H groups in total. The Balaban J connectivity index is 2.34. The molecule has 0 spiro atoms. The van der Waals surface area contributed by atoms with Gasteiger partial charge in [0.05, 0.1) is 12.6 Å². The first-order valence-electron chi connectivity index (χ1n) is 5.01. The number of aryl methyl sites for hydroxylation is 1. The van der Waals surface area contributed by atoms with Gasteiger partial charge in [-0.05, 0) is 13.0 Å². The van der Waals surface area contributed by atoms with Crippen LogP contribution in [-0.4, -0.2) is 14.5 Å². The Morgan fingerprint density at radius 2 is 2.17 bits per heavy atom. The fourth-order valence-electron chi connectivity index (χ4n) is 1.45. The molecule has 94 valence electrons. The minimum absolute atomic E-state index is 0.0181. The molecule has 18 heavy (non-hydrogen) atoms. The molecule has 0 radical (unpaired) electrons. The van der Waals surface area contributed by atoms with Crippen LogP contribution in [0, 0.1) is 17.0 Å². The van der Waals surface area contributed by atoms with Crippen LogP contribution in [0.4, 0.5) is 5.88 Å². The van der Waals surface area contributed by atoms with Crippen LogP contribution in [0.2, 0.25) is 0 Å². The first-order valence-corrected chi connectivity index (χ1v) is 5.01. The zero-order valence-corrected chi connectivity index (χ0v) is 9.37. The van der Waals surface area contributed by atoms with Crippen molar-refractivity contribution in [1.29, 1.82) is 0 Å². The summed E-state index contributed by atoms with van der Waals surface area (Å²) in [5, 5.41) is 10.4. The van der Waals surface area contributed by atoms with E-state index in [0.717, 1.165) is 0 Å². The van der Waals surface area contributed by atoms with E-state index >= 15 is 0 Å². The van der Waals surface area contributed by atoms with Crippen LogP contribution in [-0.2, 0) is 6.54 Å². The van der Waals surface area contributed by atoms with E-state index < -0.39 is 16.2 Å². The van der Waals surface area contributed by atoms with E-state index in [9.17, 15) is 19.7 Å². The van der Waals surface area contributed by atoms with E-state index in [-0.39, 0.29) is 18.2 Å². The standard InChI is InChI=1S/C10H9N3O5/c1-6-4-12(10(15)11-9(6)14)5-7-2-3-8(18-7)13(16)17/h2-4H,5H2,1H3,(H,11,14,15). The Morgan fingerprint density at radius 3 is 2.78 bits per heavy atom. The number of hydrogen-bond donors (Lipinski definition) is 1. The predicted octanol–water partition coefficient (Wildman–Crippen LogP) is 0.395. The Morgan fingerprint density at radius 1 is 1.44 bits per heavy atom. The molecule has 2 aromatic rings. The monoisotopic (exact) mass is 251 g/mol. The number of nitrogens with zero attached hydrogens (tertiary/aromatic N) is 2. The normalized spacial score (nSPS) is 10.5. The second-order valence-electron chi connectivity index (χ2n) is 3.70. The number of nitrogens with one attached hydrogen (secondary N) is 1. The van der Waals surface area contributed by atoms with Gasteiger partial charge in [-0.2, -0.15) is 0 Å². The van der Waals surface area contributed by atoms with E-state index in [2.05, 4.69) is 4.98 Å². The molecular weight excluding hydrogens is 242 g/mol. The highest BCUT2D eigenvalue weighted by Crippen LogP contribution is 2.15. The number of nitro groups is 1. The van der Waals surface area contributed by atoms with Crippen molar-refractivity contribution in [3.05, 3.63) is 60.6 Å². The van der Waals surface area contributed by atoms with E-state index in [4.69, 9.17) is 4.42 Å². The van der Waals surface area contributed by atoms with Gasteiger partial charge in [0.2, 0.25) is 0 Å². The third-order valence-electron chi connectivity index (χ3n) is 2.34. The van der Waals surface area contributed by atoms with Crippen molar-refractivity contribution in [2.45, 2.75) is 13.5 Å². The van der Waals surface area contributed by atoms with Crippen molar-refractivity contribution in [3.8, 4) is 0 Å². The smallest absolute Gasteiger partial charge is 0.404 e. The summed E-state index contributed by atoms with van der Waals surface area (Å²) in [5.41, 5.74) is -0.679. The summed E-state index contributed by atoms with van der Waals surface area (Å²) in [5.74, 6) is -0.130. The Bertz CT molecular complexity index is 709. The van der Waals surface area contributed by atoms with Crippen molar-refractivity contribution < 1.29 is 9.34 Å². The van der Waals surface area contributed by atoms with Gasteiger partial charge in [0.1, 0.15) is 10.7 Å². The minimum Gasteiger partial charge on any atom is -0.404 e. The molecular formula is C10H9N3O5. The summed E-state index contributed by atoms with van der Waals surface area (Å²) in [4.78, 5) is 34.5. The molecule has 0 aliphatic heterocycles. The topological polar surface area (TPSA) is 111 Å². The fraction of sp³-hybridized carbons (Fsp3) is 0.200. The van der Waals surface area contributed by atoms with Gasteiger partial charge in [-0.15, -0.1) is 0 Å². The maximum Gasteiger partial charge on any atom is 0.433 e. The van der Waals surface area contributed by atoms with Crippen molar-refractivity contribution in [2.24, 2.45) is 0 Å². The summed E-state index contributed by atoms with van der Waals surface area (Å²) in [7, 11) is 0. The first kappa shape index (κ1) is 11.8. The molecule has 0 aromatic carbocycles. The van der Waals surface area contributed by atoms with Gasteiger partial charge in [0.15, 0.2) is 0 Å². The number of aromatic amines is 1. The molecule has 8 nitrogen and oxygen atoms in total. The van der Waals surface area contributed by atoms with Gasteiger partial charge in [0.25, 0.3) is 5.56 Å². The second-order valence-corrected chi connectivity index (χ2v) is 3.70. The SMILES string of the molecule is Cc1cn(Cc2ccc([N+](=O)[O-])o2)c(=O)[nH]c1=O. The number of hydrogen-bond acceptors (Lipinski definition) is 5. The van der Waals surface area contributed by atoms with Crippen molar-refractivity contribution >= 4 is 5.88 Å². The lowest BCUT2D eigenvalue weighted by Crippen LogP contribution is -2.30. The van der Waals surface area contributed by atoms with Crippen LogP contribution >= 0.6 is 0 Å². The lowest BCUT2D eigenvalue weighted by molar-refractivity contribution is -0.402. The zero-order valence-electron chi connectivity index (χ0n) is 9.37. The molecule has 2 heterocycles. The maximum atomic E-state index is 11.5. The van der Waals surface area contributed by atoms with Crippen LogP contribution in [0.3, 0.4) is 0 Å². The summed E-state index contributed by atoms with van der Waals surface area (Å²) in [6.45, 7) is 1.57. The molecule has 0 fully saturated rings. The maximum absolute atomic E-state index is 11.5. The van der Waals surface area contributed by atoms with Gasteiger partial charge in [-0.1, -0.05) is 0 Å².